The molecule has 2 saturated heterocycles. The van der Waals surface area contributed by atoms with Crippen LogP contribution in [0.3, 0.4) is 0 Å². The number of aliphatic hydroxyl groups is 1. The number of carbonyl (C=O) groups is 2. The molecule has 0 bridgehead atoms. The van der Waals surface area contributed by atoms with Gasteiger partial charge in [0.1, 0.15) is 17.3 Å². The largest absolute Gasteiger partial charge is 0.507 e. The highest BCUT2D eigenvalue weighted by molar-refractivity contribution is 6.46. The molecule has 2 aliphatic rings. The summed E-state index contributed by atoms with van der Waals surface area (Å²) in [7, 11) is 1.53. The molecule has 2 aromatic rings. The van der Waals surface area contributed by atoms with E-state index >= 15 is 0 Å². The van der Waals surface area contributed by atoms with Crippen LogP contribution in [0.2, 0.25) is 0 Å². The van der Waals surface area contributed by atoms with E-state index < -0.39 is 23.5 Å². The minimum absolute atomic E-state index is 0.00291. The number of rotatable bonds is 7. The zero-order chi connectivity index (χ0) is 23.4. The summed E-state index contributed by atoms with van der Waals surface area (Å²) in [5.74, 6) is -1.49. The molecule has 0 spiro atoms. The van der Waals surface area contributed by atoms with Crippen LogP contribution in [0.1, 0.15) is 23.6 Å². The number of likely N-dealkylation sites (tertiary alicyclic amines) is 1. The Morgan fingerprint density at radius 2 is 1.73 bits per heavy atom. The minimum Gasteiger partial charge on any atom is -0.507 e. The first-order valence-corrected chi connectivity index (χ1v) is 11.0. The number of hydrogen-bond acceptors (Lipinski definition) is 6. The summed E-state index contributed by atoms with van der Waals surface area (Å²) in [5.41, 5.74) is 0.967. The molecule has 2 aromatic carbocycles. The Morgan fingerprint density at radius 1 is 1.06 bits per heavy atom. The Kier molecular flexibility index (Phi) is 7.05. The van der Waals surface area contributed by atoms with E-state index in [2.05, 4.69) is 4.90 Å². The van der Waals surface area contributed by atoms with Crippen LogP contribution in [0.15, 0.2) is 54.1 Å². The van der Waals surface area contributed by atoms with Crippen LogP contribution in [0.4, 0.5) is 4.39 Å². The third-order valence-electron chi connectivity index (χ3n) is 6.07. The van der Waals surface area contributed by atoms with E-state index in [1.165, 1.54) is 24.1 Å². The number of hydrogen-bond donors (Lipinski definition) is 1. The van der Waals surface area contributed by atoms with Gasteiger partial charge in [-0.3, -0.25) is 14.5 Å². The Bertz CT molecular complexity index is 1030. The Labute approximate surface area is 192 Å². The lowest BCUT2D eigenvalue weighted by molar-refractivity contribution is -0.140. The fraction of sp³-hybridized carbons (Fsp3) is 0.360. The highest BCUT2D eigenvalue weighted by Gasteiger charge is 2.45. The molecule has 33 heavy (non-hydrogen) atoms. The van der Waals surface area contributed by atoms with Crippen molar-refractivity contribution in [2.75, 3.05) is 46.5 Å². The fourth-order valence-electron chi connectivity index (χ4n) is 4.30. The van der Waals surface area contributed by atoms with Gasteiger partial charge in [0.2, 0.25) is 0 Å². The van der Waals surface area contributed by atoms with Gasteiger partial charge in [-0.1, -0.05) is 12.1 Å². The van der Waals surface area contributed by atoms with Gasteiger partial charge in [-0.25, -0.2) is 4.39 Å². The Balaban J connectivity index is 1.65. The number of carbonyl (C=O) groups excluding carboxylic acids is 2. The maximum absolute atomic E-state index is 13.6. The number of Topliss-reactive ketones (excluding diaryl/α,β-unsaturated/α-hetero) is 1. The van der Waals surface area contributed by atoms with Crippen LogP contribution >= 0.6 is 0 Å². The van der Waals surface area contributed by atoms with Gasteiger partial charge < -0.3 is 19.5 Å². The molecule has 2 aliphatic heterocycles. The van der Waals surface area contributed by atoms with Gasteiger partial charge in [-0.05, 0) is 48.4 Å². The molecule has 0 unspecified atom stereocenters. The van der Waals surface area contributed by atoms with Crippen LogP contribution in [0.25, 0.3) is 5.76 Å². The fourth-order valence-corrected chi connectivity index (χ4v) is 4.30. The average Bonchev–Trinajstić information content (AvgIpc) is 3.10. The van der Waals surface area contributed by atoms with Crippen LogP contribution in [0.5, 0.6) is 5.75 Å². The number of halogens is 1. The van der Waals surface area contributed by atoms with Gasteiger partial charge >= 0.3 is 0 Å². The molecule has 174 valence electrons. The molecule has 4 rings (SSSR count). The smallest absolute Gasteiger partial charge is 0.295 e. The first-order valence-electron chi connectivity index (χ1n) is 11.0. The van der Waals surface area contributed by atoms with Crippen molar-refractivity contribution in [3.63, 3.8) is 0 Å². The molecule has 2 heterocycles. The molecule has 8 heteroatoms. The number of methoxy groups -OCH3 is 1. The first-order chi connectivity index (χ1) is 16.0. The van der Waals surface area contributed by atoms with Gasteiger partial charge in [0.25, 0.3) is 11.7 Å². The van der Waals surface area contributed by atoms with Gasteiger partial charge in [0.15, 0.2) is 0 Å². The molecule has 2 fully saturated rings. The van der Waals surface area contributed by atoms with Gasteiger partial charge in [-0.2, -0.15) is 0 Å². The van der Waals surface area contributed by atoms with Crippen LogP contribution in [-0.4, -0.2) is 73.1 Å². The summed E-state index contributed by atoms with van der Waals surface area (Å²) in [5, 5.41) is 11.0. The molecule has 7 nitrogen and oxygen atoms in total. The molecule has 0 aliphatic carbocycles. The number of ketones is 1. The maximum Gasteiger partial charge on any atom is 0.295 e. The standard InChI is InChI=1S/C25H27FN2O5/c1-32-20-9-5-18(6-10-20)23(29)21-22(17-3-7-19(26)8-4-17)28(25(31)24(21)30)12-2-11-27-13-15-33-16-14-27/h3-10,22,29H,2,11-16H2,1H3/b23-21+/t22-/m0/s1. The zero-order valence-electron chi connectivity index (χ0n) is 18.5. The topological polar surface area (TPSA) is 79.3 Å². The van der Waals surface area contributed by atoms with Crippen molar-refractivity contribution in [1.82, 2.24) is 9.80 Å². The summed E-state index contributed by atoms with van der Waals surface area (Å²) >= 11 is 0. The number of nitrogens with zero attached hydrogens (tertiary/aromatic N) is 2. The Morgan fingerprint density at radius 3 is 2.36 bits per heavy atom. The van der Waals surface area contributed by atoms with Crippen molar-refractivity contribution in [3.05, 3.63) is 71.0 Å². The average molecular weight is 454 g/mol. The molecule has 1 N–H and O–H groups in total. The van der Waals surface area contributed by atoms with E-state index in [0.29, 0.717) is 43.1 Å². The first kappa shape index (κ1) is 22.9. The van der Waals surface area contributed by atoms with Crippen LogP contribution in [0, 0.1) is 5.82 Å². The predicted octanol–water partition coefficient (Wildman–Crippen LogP) is 2.98. The normalized spacial score (nSPS) is 20.9. The third-order valence-corrected chi connectivity index (χ3v) is 6.07. The zero-order valence-corrected chi connectivity index (χ0v) is 18.5. The van der Waals surface area contributed by atoms with E-state index in [-0.39, 0.29) is 11.3 Å². The number of benzene rings is 2. The van der Waals surface area contributed by atoms with E-state index in [1.54, 1.807) is 36.4 Å². The molecule has 0 saturated carbocycles. The van der Waals surface area contributed by atoms with Crippen molar-refractivity contribution < 1.29 is 28.6 Å². The lowest BCUT2D eigenvalue weighted by atomic mass is 9.95. The predicted molar refractivity (Wildman–Crippen MR) is 120 cm³/mol. The minimum atomic E-state index is -0.794. The van der Waals surface area contributed by atoms with E-state index in [0.717, 1.165) is 19.6 Å². The summed E-state index contributed by atoms with van der Waals surface area (Å²) in [6.07, 6.45) is 0.660. The summed E-state index contributed by atoms with van der Waals surface area (Å²) in [6.45, 7) is 4.13. The highest BCUT2D eigenvalue weighted by atomic mass is 19.1. The number of morpholine rings is 1. The van der Waals surface area contributed by atoms with Crippen molar-refractivity contribution in [2.45, 2.75) is 12.5 Å². The quantitative estimate of drug-likeness (QED) is 0.394. The molecule has 0 radical (unpaired) electrons. The monoisotopic (exact) mass is 454 g/mol. The second-order valence-electron chi connectivity index (χ2n) is 8.08. The second-order valence-corrected chi connectivity index (χ2v) is 8.08. The summed E-state index contributed by atoms with van der Waals surface area (Å²) in [4.78, 5) is 29.8. The van der Waals surface area contributed by atoms with Gasteiger partial charge in [0.05, 0.1) is 31.9 Å². The number of ether oxygens (including phenoxy) is 2. The molecular weight excluding hydrogens is 427 g/mol. The van der Waals surface area contributed by atoms with Gasteiger partial charge in [0, 0.05) is 31.7 Å². The lowest BCUT2D eigenvalue weighted by Crippen LogP contribution is -2.38. The van der Waals surface area contributed by atoms with Crippen molar-refractivity contribution >= 4 is 17.4 Å². The van der Waals surface area contributed by atoms with Crippen molar-refractivity contribution in [3.8, 4) is 5.75 Å². The van der Waals surface area contributed by atoms with E-state index in [1.807, 2.05) is 0 Å². The summed E-state index contributed by atoms with van der Waals surface area (Å²) < 4.78 is 24.1. The number of amides is 1. The third kappa shape index (κ3) is 4.91. The molecular formula is C25H27FN2O5. The molecule has 1 atom stereocenters. The van der Waals surface area contributed by atoms with E-state index in [9.17, 15) is 19.1 Å². The van der Waals surface area contributed by atoms with Crippen molar-refractivity contribution in [1.29, 1.82) is 0 Å². The molecule has 0 aromatic heterocycles. The summed E-state index contributed by atoms with van der Waals surface area (Å²) in [6, 6.07) is 11.5. The lowest BCUT2D eigenvalue weighted by Gasteiger charge is -2.29. The molecule has 1 amide bonds. The number of aliphatic hydroxyl groups excluding tert-OH is 1. The van der Waals surface area contributed by atoms with Crippen LogP contribution in [-0.2, 0) is 14.3 Å². The van der Waals surface area contributed by atoms with Crippen molar-refractivity contribution in [2.24, 2.45) is 0 Å². The SMILES string of the molecule is COc1ccc(/C(O)=C2\C(=O)C(=O)N(CCCN3CCOCC3)[C@H]2c2ccc(F)cc2)cc1. The van der Waals surface area contributed by atoms with Gasteiger partial charge in [-0.15, -0.1) is 0 Å². The maximum atomic E-state index is 13.6. The highest BCUT2D eigenvalue weighted by Crippen LogP contribution is 2.39. The van der Waals surface area contributed by atoms with E-state index in [4.69, 9.17) is 9.47 Å². The van der Waals surface area contributed by atoms with Crippen LogP contribution < -0.4 is 4.74 Å². The second kappa shape index (κ2) is 10.1. The Hall–Kier alpha value is -3.23.